The van der Waals surface area contributed by atoms with Crippen molar-refractivity contribution in [3.8, 4) is 39.1 Å². The summed E-state index contributed by atoms with van der Waals surface area (Å²) < 4.78 is 5.32. The lowest BCUT2D eigenvalue weighted by atomic mass is 9.73. The number of hydrogen-bond donors (Lipinski definition) is 1. The maximum absolute atomic E-state index is 3.70. The number of nitrogens with one attached hydrogen (secondary N) is 1. The summed E-state index contributed by atoms with van der Waals surface area (Å²) in [5, 5.41) is 7.89. The first-order valence-electron chi connectivity index (χ1n) is 27.4. The largest absolute Gasteiger partial charge is 0.312 e. The number of aryl methyl sites for hydroxylation is 2. The van der Waals surface area contributed by atoms with Gasteiger partial charge in [0, 0.05) is 72.2 Å². The highest BCUT2D eigenvalue weighted by Crippen LogP contribution is 2.56. The third-order valence-corrected chi connectivity index (χ3v) is 19.5. The number of benzene rings is 7. The molecule has 0 bridgehead atoms. The monoisotopic (exact) mass is 984 g/mol. The molecule has 0 saturated carbocycles. The average Bonchev–Trinajstić information content (AvgIpc) is 4.17. The molecule has 3 heteroatoms. The maximum atomic E-state index is 3.70. The maximum Gasteiger partial charge on any atom is 0.0535 e. The van der Waals surface area contributed by atoms with Crippen molar-refractivity contribution in [1.82, 2.24) is 9.88 Å². The Hall–Kier alpha value is -7.56. The standard InChI is InChI=1S/C72H60N2S/c1-43-59(46-18-7-5-8-19-46)40-63(55-34-33-51(52-25-13-14-26-54(52)55)48-30-32-57-56-27-15-16-29-64(56)72(3,4)65(57)39-48)71-68(43)69-44(2)60(41-62(70(69)75-71)53-28-17-21-45-20-11-12-24-50(45)53)47-31-35-66-61(38-47)58-36-37-73-42-67(58)74(66)49-22-9-6-10-23-49/h5-13,15-25,27-35,38,40-41,48,50,53,73H,14,26,36-37,39,42H2,1-4H3. The number of para-hydroxylation sites is 1. The van der Waals surface area contributed by atoms with Crippen LogP contribution >= 0.6 is 11.3 Å². The molecule has 0 amide bonds. The van der Waals surface area contributed by atoms with Gasteiger partial charge in [-0.05, 0) is 172 Å². The van der Waals surface area contributed by atoms with Crippen molar-refractivity contribution < 1.29 is 0 Å². The van der Waals surface area contributed by atoms with E-state index >= 15 is 0 Å². The van der Waals surface area contributed by atoms with Crippen molar-refractivity contribution in [2.75, 3.05) is 6.54 Å². The van der Waals surface area contributed by atoms with Crippen molar-refractivity contribution in [2.45, 2.75) is 77.2 Å². The fourth-order valence-electron chi connectivity index (χ4n) is 14.6. The van der Waals surface area contributed by atoms with Gasteiger partial charge in [0.2, 0.25) is 0 Å². The predicted octanol–water partition coefficient (Wildman–Crippen LogP) is 18.3. The number of aromatic nitrogens is 1. The summed E-state index contributed by atoms with van der Waals surface area (Å²) in [6.45, 7) is 11.6. The van der Waals surface area contributed by atoms with E-state index in [1.807, 2.05) is 11.3 Å². The Bertz CT molecular complexity index is 4140. The Morgan fingerprint density at radius 3 is 2.27 bits per heavy atom. The van der Waals surface area contributed by atoms with E-state index in [-0.39, 0.29) is 17.3 Å². The Balaban J connectivity index is 0.965. The zero-order valence-corrected chi connectivity index (χ0v) is 44.1. The van der Waals surface area contributed by atoms with Gasteiger partial charge in [-0.1, -0.05) is 177 Å². The smallest absolute Gasteiger partial charge is 0.0535 e. The Morgan fingerprint density at radius 2 is 1.40 bits per heavy atom. The van der Waals surface area contributed by atoms with Crippen LogP contribution in [0.3, 0.4) is 0 Å². The number of hydrogen-bond acceptors (Lipinski definition) is 2. The molecule has 6 aliphatic rings. The lowest BCUT2D eigenvalue weighted by Gasteiger charge is -2.31. The van der Waals surface area contributed by atoms with Crippen molar-refractivity contribution in [2.24, 2.45) is 5.92 Å². The number of nitrogens with zero attached hydrogens (tertiary/aromatic N) is 1. The molecule has 7 aromatic carbocycles. The van der Waals surface area contributed by atoms with Crippen LogP contribution in [0.15, 0.2) is 199 Å². The highest BCUT2D eigenvalue weighted by molar-refractivity contribution is 7.26. The van der Waals surface area contributed by atoms with Gasteiger partial charge in [-0.15, -0.1) is 11.3 Å². The quantitative estimate of drug-likeness (QED) is 0.176. The SMILES string of the molecule is Cc1c(-c2ccccc2)cc(-c2ccc(C3C=CC4=C(C3)C(C)(C)c3ccccc34)c3c2CCC=C3)c2sc3c(C4C=CC=C5C=CC=CC54)cc(-c4ccc5c(c4)c4c(n5-c5ccccc5)CNCC4)c(C)c3c12. The van der Waals surface area contributed by atoms with E-state index in [0.717, 1.165) is 38.8 Å². The van der Waals surface area contributed by atoms with Crippen LogP contribution in [0.25, 0.3) is 81.8 Å². The molecule has 0 spiro atoms. The van der Waals surface area contributed by atoms with Gasteiger partial charge in [0.25, 0.3) is 0 Å². The number of thiophene rings is 1. The first-order valence-corrected chi connectivity index (χ1v) is 28.2. The van der Waals surface area contributed by atoms with Crippen LogP contribution < -0.4 is 5.32 Å². The molecule has 3 unspecified atom stereocenters. The van der Waals surface area contributed by atoms with Crippen molar-refractivity contribution in [1.29, 1.82) is 0 Å². The van der Waals surface area contributed by atoms with Gasteiger partial charge in [-0.3, -0.25) is 0 Å². The summed E-state index contributed by atoms with van der Waals surface area (Å²) in [5.41, 5.74) is 29.1. The molecular weight excluding hydrogens is 925 g/mol. The molecule has 0 saturated heterocycles. The summed E-state index contributed by atoms with van der Waals surface area (Å²) >= 11 is 2.05. The van der Waals surface area contributed by atoms with Gasteiger partial charge in [0.05, 0.1) is 5.52 Å². The fourth-order valence-corrected chi connectivity index (χ4v) is 16.1. The Morgan fingerprint density at radius 1 is 0.613 bits per heavy atom. The summed E-state index contributed by atoms with van der Waals surface area (Å²) in [4.78, 5) is 0. The molecule has 3 heterocycles. The Labute approximate surface area is 445 Å². The topological polar surface area (TPSA) is 17.0 Å². The van der Waals surface area contributed by atoms with Gasteiger partial charge in [0.1, 0.15) is 0 Å². The molecule has 1 aliphatic heterocycles. The summed E-state index contributed by atoms with van der Waals surface area (Å²) in [5.74, 6) is 0.773. The molecular formula is C72H60N2S. The minimum Gasteiger partial charge on any atom is -0.312 e. The molecule has 1 N–H and O–H groups in total. The molecule has 15 rings (SSSR count). The number of allylic oxidation sites excluding steroid dienone is 13. The normalized spacial score (nSPS) is 19.9. The van der Waals surface area contributed by atoms with Crippen molar-refractivity contribution >= 4 is 54.1 Å². The fraction of sp³-hybridized carbons (Fsp3) is 0.194. The van der Waals surface area contributed by atoms with Crippen molar-refractivity contribution in [3.05, 3.63) is 255 Å². The molecule has 2 aromatic heterocycles. The number of rotatable bonds is 6. The van der Waals surface area contributed by atoms with E-state index in [1.54, 1.807) is 5.57 Å². The molecule has 2 nitrogen and oxygen atoms in total. The van der Waals surface area contributed by atoms with Crippen LogP contribution in [0.2, 0.25) is 0 Å². The van der Waals surface area contributed by atoms with Crippen LogP contribution in [-0.2, 0) is 24.8 Å². The van der Waals surface area contributed by atoms with Crippen LogP contribution in [0.4, 0.5) is 0 Å². The second kappa shape index (κ2) is 17.2. The van der Waals surface area contributed by atoms with E-state index in [4.69, 9.17) is 0 Å². The highest BCUT2D eigenvalue weighted by atomic mass is 32.1. The second-order valence-electron chi connectivity index (χ2n) is 22.5. The van der Waals surface area contributed by atoms with Gasteiger partial charge >= 0.3 is 0 Å². The predicted molar refractivity (Wildman–Crippen MR) is 319 cm³/mol. The average molecular weight is 985 g/mol. The van der Waals surface area contributed by atoms with Gasteiger partial charge in [-0.2, -0.15) is 0 Å². The molecule has 3 atom stereocenters. The van der Waals surface area contributed by atoms with Crippen molar-refractivity contribution in [3.63, 3.8) is 0 Å². The van der Waals surface area contributed by atoms with E-state index in [9.17, 15) is 0 Å². The van der Waals surface area contributed by atoms with E-state index in [0.29, 0.717) is 5.92 Å². The van der Waals surface area contributed by atoms with E-state index < -0.39 is 0 Å². The van der Waals surface area contributed by atoms with Crippen LogP contribution in [0, 0.1) is 19.8 Å². The first-order chi connectivity index (χ1) is 36.8. The minimum atomic E-state index is 0.0116. The van der Waals surface area contributed by atoms with E-state index in [2.05, 4.69) is 232 Å². The second-order valence-corrected chi connectivity index (χ2v) is 23.5. The van der Waals surface area contributed by atoms with Crippen LogP contribution in [0.1, 0.15) is 94.3 Å². The number of fused-ring (bicyclic) bond motifs is 10. The van der Waals surface area contributed by atoms with Crippen LogP contribution in [-0.4, -0.2) is 11.1 Å². The van der Waals surface area contributed by atoms with Crippen LogP contribution in [0.5, 0.6) is 0 Å². The summed E-state index contributed by atoms with van der Waals surface area (Å²) in [6, 6.07) is 48.8. The zero-order chi connectivity index (χ0) is 50.1. The van der Waals surface area contributed by atoms with Gasteiger partial charge in [-0.25, -0.2) is 0 Å². The lowest BCUT2D eigenvalue weighted by molar-refractivity contribution is 0.590. The lowest BCUT2D eigenvalue weighted by Crippen LogP contribution is -2.24. The minimum absolute atomic E-state index is 0.0116. The molecule has 75 heavy (non-hydrogen) atoms. The zero-order valence-electron chi connectivity index (χ0n) is 43.3. The molecule has 9 aromatic rings. The Kier molecular flexibility index (Phi) is 10.3. The van der Waals surface area contributed by atoms with Gasteiger partial charge in [0.15, 0.2) is 0 Å². The third-order valence-electron chi connectivity index (χ3n) is 18.3. The molecule has 0 radical (unpaired) electrons. The summed E-state index contributed by atoms with van der Waals surface area (Å²) in [7, 11) is 0. The molecule has 0 fully saturated rings. The highest BCUT2D eigenvalue weighted by Gasteiger charge is 2.40. The summed E-state index contributed by atoms with van der Waals surface area (Å²) in [6.07, 6.45) is 30.4. The van der Waals surface area contributed by atoms with E-state index in [1.165, 1.54) is 137 Å². The first kappa shape index (κ1) is 44.9. The third kappa shape index (κ3) is 6.80. The van der Waals surface area contributed by atoms with Gasteiger partial charge < -0.3 is 9.88 Å². The molecule has 5 aliphatic carbocycles. The molecule has 364 valence electrons.